The molecule has 3 N–H and O–H groups in total. The maximum absolute atomic E-state index is 8.88. The number of hydrogen-bond donors (Lipinski definition) is 3. The van der Waals surface area contributed by atoms with Gasteiger partial charge in [-0.25, -0.2) is 14.3 Å². The van der Waals surface area contributed by atoms with Gasteiger partial charge in [-0.2, -0.15) is 0 Å². The minimum absolute atomic E-state index is 0.421. The Balaban J connectivity index is -0.000000757. The van der Waals surface area contributed by atoms with Gasteiger partial charge in [-0.3, -0.25) is 0 Å². The highest BCUT2D eigenvalue weighted by atomic mass is 31.2. The van der Waals surface area contributed by atoms with Gasteiger partial charge in [0.2, 0.25) is 0 Å². The van der Waals surface area contributed by atoms with Crippen LogP contribution in [0.3, 0.4) is 0 Å². The van der Waals surface area contributed by atoms with Gasteiger partial charge in [-0.15, -0.1) is 0 Å². The average Bonchev–Trinajstić information content (AvgIpc) is 3.07. The highest BCUT2D eigenvalue weighted by Crippen LogP contribution is 2.25. The molecule has 49 heavy (non-hydrogen) atoms. The fraction of sp³-hybridized carbons (Fsp3) is 0.867. The number of hydrogen-bond acceptors (Lipinski definition) is 15. The van der Waals surface area contributed by atoms with Gasteiger partial charge in [-0.05, 0) is 33.0 Å². The minimum atomic E-state index is -4.64. The Morgan fingerprint density at radius 3 is 0.898 bits per heavy atom. The maximum atomic E-state index is 8.88. The number of phosphoric acid groups is 1. The first-order valence-electron chi connectivity index (χ1n) is 17.1. The van der Waals surface area contributed by atoms with E-state index >= 15 is 0 Å². The Labute approximate surface area is 291 Å². The van der Waals surface area contributed by atoms with E-state index < -0.39 is 7.82 Å². The van der Waals surface area contributed by atoms with E-state index in [2.05, 4.69) is 96.9 Å². The van der Waals surface area contributed by atoms with E-state index in [1.54, 1.807) is 0 Å². The smallest absolute Gasteiger partial charge is 0.315 e. The van der Waals surface area contributed by atoms with Crippen LogP contribution in [0.4, 0.5) is 0 Å². The SMILES string of the molecule is C=COOOOOOOCCCCCCCCCCCCC.C=COOOOOOOCCCCCCCCCCCCC.O=P(O)(O)O. The Bertz CT molecular complexity index is 606. The summed E-state index contributed by atoms with van der Waals surface area (Å²) in [6.07, 6.45) is 30.0. The molecule has 19 heteroatoms. The quantitative estimate of drug-likeness (QED) is 0.0177. The highest BCUT2D eigenvalue weighted by molar-refractivity contribution is 7.45. The predicted octanol–water partition coefficient (Wildman–Crippen LogP) is 9.17. The van der Waals surface area contributed by atoms with Crippen molar-refractivity contribution in [2.45, 2.75) is 155 Å². The van der Waals surface area contributed by atoms with Crippen LogP contribution in [0.5, 0.6) is 0 Å². The minimum Gasteiger partial charge on any atom is -0.315 e. The van der Waals surface area contributed by atoms with E-state index in [9.17, 15) is 0 Å². The van der Waals surface area contributed by atoms with Crippen LogP contribution >= 0.6 is 7.82 Å². The molecule has 0 heterocycles. The lowest BCUT2D eigenvalue weighted by Crippen LogP contribution is -2.01. The molecular weight excluding hydrogens is 679 g/mol. The molecule has 0 saturated carbocycles. The lowest BCUT2D eigenvalue weighted by molar-refractivity contribution is -0.786. The normalized spacial score (nSPS) is 10.9. The van der Waals surface area contributed by atoms with E-state index in [1.165, 1.54) is 116 Å². The van der Waals surface area contributed by atoms with Crippen molar-refractivity contribution in [3.63, 3.8) is 0 Å². The lowest BCUT2D eigenvalue weighted by atomic mass is 10.1. The summed E-state index contributed by atoms with van der Waals surface area (Å²) < 4.78 is 8.88. The van der Waals surface area contributed by atoms with Crippen molar-refractivity contribution in [3.8, 4) is 0 Å². The second-order valence-corrected chi connectivity index (χ2v) is 11.5. The molecule has 0 atom stereocenters. The van der Waals surface area contributed by atoms with Crippen LogP contribution in [-0.2, 0) is 74.5 Å². The van der Waals surface area contributed by atoms with Gasteiger partial charge >= 0.3 is 7.82 Å². The third-order valence-electron chi connectivity index (χ3n) is 6.20. The van der Waals surface area contributed by atoms with Gasteiger partial charge in [-0.1, -0.05) is 155 Å². The fourth-order valence-electron chi connectivity index (χ4n) is 3.91. The van der Waals surface area contributed by atoms with E-state index in [0.717, 1.165) is 38.2 Å². The van der Waals surface area contributed by atoms with Gasteiger partial charge in [0.15, 0.2) is 0 Å². The molecule has 0 aliphatic heterocycles. The molecule has 0 saturated heterocycles. The van der Waals surface area contributed by atoms with Crippen molar-refractivity contribution in [1.82, 2.24) is 0 Å². The Morgan fingerprint density at radius 2 is 0.633 bits per heavy atom. The average molecular weight is 743 g/mol. The molecule has 0 aromatic carbocycles. The zero-order valence-corrected chi connectivity index (χ0v) is 30.3. The molecule has 0 bridgehead atoms. The summed E-state index contributed by atoms with van der Waals surface area (Å²) in [6, 6.07) is 0. The molecule has 18 nitrogen and oxygen atoms in total. The Morgan fingerprint density at radius 1 is 0.408 bits per heavy atom. The molecular formula is C30H63O18P. The molecule has 0 amide bonds. The monoisotopic (exact) mass is 742 g/mol. The first kappa shape index (κ1) is 52.1. The topological polar surface area (TPSA) is 207 Å². The first-order chi connectivity index (χ1) is 23.8. The van der Waals surface area contributed by atoms with Crippen molar-refractivity contribution in [2.24, 2.45) is 0 Å². The lowest BCUT2D eigenvalue weighted by Gasteiger charge is -2.03. The van der Waals surface area contributed by atoms with Gasteiger partial charge in [0, 0.05) is 30.2 Å². The molecule has 0 unspecified atom stereocenters. The molecule has 0 radical (unpaired) electrons. The Kier molecular flexibility index (Phi) is 51.9. The van der Waals surface area contributed by atoms with Crippen LogP contribution in [0.15, 0.2) is 25.7 Å². The molecule has 296 valence electrons. The zero-order chi connectivity index (χ0) is 36.8. The summed E-state index contributed by atoms with van der Waals surface area (Å²) in [5.41, 5.74) is 0. The summed E-state index contributed by atoms with van der Waals surface area (Å²) in [5.74, 6) is 0. The second kappa shape index (κ2) is 48.8. The third-order valence-corrected chi connectivity index (χ3v) is 6.20. The summed E-state index contributed by atoms with van der Waals surface area (Å²) >= 11 is 0. The summed E-state index contributed by atoms with van der Waals surface area (Å²) in [4.78, 5) is 39.1. The molecule has 0 aliphatic carbocycles. The summed E-state index contributed by atoms with van der Waals surface area (Å²) in [5, 5.41) is 39.7. The van der Waals surface area contributed by atoms with Crippen LogP contribution in [0, 0.1) is 0 Å². The van der Waals surface area contributed by atoms with Gasteiger partial charge < -0.3 is 24.5 Å². The van der Waals surface area contributed by atoms with Crippen LogP contribution < -0.4 is 0 Å². The summed E-state index contributed by atoms with van der Waals surface area (Å²) in [6.45, 7) is 11.7. The molecule has 0 rings (SSSR count). The van der Waals surface area contributed by atoms with Gasteiger partial charge in [0.05, 0.1) is 13.2 Å². The maximum Gasteiger partial charge on any atom is 0.466 e. The van der Waals surface area contributed by atoms with Crippen molar-refractivity contribution in [2.75, 3.05) is 13.2 Å². The third kappa shape index (κ3) is 69.3. The second-order valence-electron chi connectivity index (χ2n) is 10.4. The van der Waals surface area contributed by atoms with Crippen molar-refractivity contribution >= 4 is 7.82 Å². The van der Waals surface area contributed by atoms with Crippen molar-refractivity contribution < 1.29 is 89.2 Å². The zero-order valence-electron chi connectivity index (χ0n) is 29.5. The van der Waals surface area contributed by atoms with E-state index in [-0.39, 0.29) is 0 Å². The van der Waals surface area contributed by atoms with E-state index in [0.29, 0.717) is 13.2 Å². The van der Waals surface area contributed by atoms with Gasteiger partial charge in [0.1, 0.15) is 12.5 Å². The molecule has 0 fully saturated rings. The van der Waals surface area contributed by atoms with Crippen LogP contribution in [-0.4, -0.2) is 27.9 Å². The number of rotatable bonds is 38. The molecule has 0 aliphatic rings. The predicted molar refractivity (Wildman–Crippen MR) is 173 cm³/mol. The van der Waals surface area contributed by atoms with Crippen LogP contribution in [0.2, 0.25) is 0 Å². The Hall–Kier alpha value is -1.29. The van der Waals surface area contributed by atoms with E-state index in [4.69, 9.17) is 19.2 Å². The summed E-state index contributed by atoms with van der Waals surface area (Å²) in [7, 11) is -4.64. The van der Waals surface area contributed by atoms with Crippen LogP contribution in [0.25, 0.3) is 0 Å². The highest BCUT2D eigenvalue weighted by Gasteiger charge is 2.00. The fourth-order valence-corrected chi connectivity index (χ4v) is 3.91. The van der Waals surface area contributed by atoms with Gasteiger partial charge in [0.25, 0.3) is 0 Å². The molecule has 0 spiro atoms. The van der Waals surface area contributed by atoms with Crippen LogP contribution in [0.1, 0.15) is 155 Å². The first-order valence-corrected chi connectivity index (χ1v) is 18.6. The van der Waals surface area contributed by atoms with Crippen molar-refractivity contribution in [3.05, 3.63) is 25.7 Å². The standard InChI is InChI=1S/2C15H30O7.H3O4P/c2*1-3-5-6-7-8-9-10-11-12-13-14-15-17-19-21-22-20-18-16-4-2;1-5(2,3)4/h2*4H,2-3,5-15H2,1H3;(H3,1,2,3,4). The van der Waals surface area contributed by atoms with Crippen molar-refractivity contribution in [1.29, 1.82) is 0 Å². The van der Waals surface area contributed by atoms with E-state index in [1.807, 2.05) is 0 Å². The molecule has 0 aromatic heterocycles. The molecule has 0 aromatic rings. The number of unbranched alkanes of at least 4 members (excludes halogenated alkanes) is 20. The largest absolute Gasteiger partial charge is 0.466 e.